The average Bonchev–Trinajstić information content (AvgIpc) is 3.14. The van der Waals surface area contributed by atoms with Crippen LogP contribution >= 0.6 is 11.6 Å². The summed E-state index contributed by atoms with van der Waals surface area (Å²) in [6, 6.07) is 8.77. The molecule has 1 atom stereocenters. The molecule has 152 valence electrons. The van der Waals surface area contributed by atoms with Crippen molar-refractivity contribution in [3.8, 4) is 11.5 Å². The van der Waals surface area contributed by atoms with Crippen molar-refractivity contribution in [2.75, 3.05) is 32.6 Å². The lowest BCUT2D eigenvalue weighted by atomic mass is 10.2. The monoisotopic (exact) mass is 416 g/mol. The van der Waals surface area contributed by atoms with Crippen LogP contribution in [0.1, 0.15) is 12.8 Å². The van der Waals surface area contributed by atoms with Crippen LogP contribution in [-0.2, 0) is 0 Å². The Morgan fingerprint density at radius 1 is 1.28 bits per heavy atom. The first-order chi connectivity index (χ1) is 14.1. The number of likely N-dealkylation sites (tertiary alicyclic amines) is 1. The molecule has 4 rings (SSSR count). The van der Waals surface area contributed by atoms with E-state index >= 15 is 0 Å². The van der Waals surface area contributed by atoms with Crippen molar-refractivity contribution in [1.82, 2.24) is 14.9 Å². The zero-order chi connectivity index (χ0) is 20.4. The Labute approximate surface area is 173 Å². The van der Waals surface area contributed by atoms with Crippen molar-refractivity contribution in [2.45, 2.75) is 18.9 Å². The van der Waals surface area contributed by atoms with Crippen LogP contribution in [0.2, 0.25) is 5.02 Å². The lowest BCUT2D eigenvalue weighted by molar-refractivity contribution is 0.193. The van der Waals surface area contributed by atoms with E-state index < -0.39 is 5.82 Å². The summed E-state index contributed by atoms with van der Waals surface area (Å²) in [6.45, 7) is 1.65. The molecule has 0 saturated carbocycles. The molecule has 0 radical (unpaired) electrons. The molecule has 2 aromatic carbocycles. The minimum atomic E-state index is -0.532. The maximum absolute atomic E-state index is 14.3. The molecule has 1 aliphatic rings. The van der Waals surface area contributed by atoms with Gasteiger partial charge in [0.05, 0.1) is 23.3 Å². The van der Waals surface area contributed by atoms with Gasteiger partial charge in [0.25, 0.3) is 0 Å². The highest BCUT2D eigenvalue weighted by Crippen LogP contribution is 2.36. The number of hydrogen-bond acceptors (Lipinski definition) is 6. The summed E-state index contributed by atoms with van der Waals surface area (Å²) >= 11 is 5.89. The molecule has 0 amide bonds. The first-order valence-electron chi connectivity index (χ1n) is 9.43. The summed E-state index contributed by atoms with van der Waals surface area (Å²) in [7, 11) is 3.70. The molecule has 0 unspecified atom stereocenters. The fraction of sp³-hybridized carbons (Fsp3) is 0.333. The third-order valence-electron chi connectivity index (χ3n) is 5.23. The first kappa shape index (κ1) is 19.7. The van der Waals surface area contributed by atoms with E-state index in [1.165, 1.54) is 18.8 Å². The smallest absolute Gasteiger partial charge is 0.165 e. The Kier molecular flexibility index (Phi) is 5.69. The molecule has 1 fully saturated rings. The number of likely N-dealkylation sites (N-methyl/N-ethyl adjacent to an activating group) is 1. The number of nitrogens with zero attached hydrogens (tertiary/aromatic N) is 3. The molecule has 1 aliphatic heterocycles. The molecule has 1 aromatic heterocycles. The fourth-order valence-electron chi connectivity index (χ4n) is 3.54. The van der Waals surface area contributed by atoms with E-state index in [4.69, 9.17) is 21.1 Å². The first-order valence-corrected chi connectivity index (χ1v) is 9.81. The highest BCUT2D eigenvalue weighted by Gasteiger charge is 2.22. The van der Waals surface area contributed by atoms with Crippen molar-refractivity contribution in [2.24, 2.45) is 0 Å². The maximum Gasteiger partial charge on any atom is 0.165 e. The second-order valence-electron chi connectivity index (χ2n) is 7.06. The van der Waals surface area contributed by atoms with Gasteiger partial charge in [0.1, 0.15) is 18.8 Å². The molecule has 29 heavy (non-hydrogen) atoms. The molecule has 2 heterocycles. The summed E-state index contributed by atoms with van der Waals surface area (Å²) in [4.78, 5) is 10.9. The van der Waals surface area contributed by atoms with Crippen molar-refractivity contribution < 1.29 is 13.9 Å². The molecule has 1 N–H and O–H groups in total. The van der Waals surface area contributed by atoms with Crippen LogP contribution in [0.15, 0.2) is 36.7 Å². The average molecular weight is 417 g/mol. The van der Waals surface area contributed by atoms with Gasteiger partial charge in [-0.1, -0.05) is 17.7 Å². The number of rotatable bonds is 6. The van der Waals surface area contributed by atoms with Crippen LogP contribution in [0.4, 0.5) is 15.9 Å². The number of methoxy groups -OCH3 is 1. The van der Waals surface area contributed by atoms with Crippen LogP contribution < -0.4 is 14.8 Å². The van der Waals surface area contributed by atoms with Gasteiger partial charge in [-0.15, -0.1) is 0 Å². The summed E-state index contributed by atoms with van der Waals surface area (Å²) in [5.74, 6) is 1.12. The van der Waals surface area contributed by atoms with Crippen LogP contribution in [0.25, 0.3) is 10.9 Å². The molecule has 3 aromatic rings. The maximum atomic E-state index is 14.3. The van der Waals surface area contributed by atoms with E-state index in [0.29, 0.717) is 40.9 Å². The Hall–Kier alpha value is -2.64. The van der Waals surface area contributed by atoms with Gasteiger partial charge in [-0.05, 0) is 44.6 Å². The number of hydrogen-bond donors (Lipinski definition) is 1. The third kappa shape index (κ3) is 4.06. The zero-order valence-electron chi connectivity index (χ0n) is 16.3. The molecule has 0 bridgehead atoms. The van der Waals surface area contributed by atoms with Crippen molar-refractivity contribution >= 4 is 34.0 Å². The predicted octanol–water partition coefficient (Wildman–Crippen LogP) is 4.65. The summed E-state index contributed by atoms with van der Waals surface area (Å²) in [5, 5.41) is 3.75. The highest BCUT2D eigenvalue weighted by atomic mass is 35.5. The summed E-state index contributed by atoms with van der Waals surface area (Å²) < 4.78 is 25.9. The number of aromatic nitrogens is 2. The van der Waals surface area contributed by atoms with Gasteiger partial charge in [0.2, 0.25) is 0 Å². The highest BCUT2D eigenvalue weighted by molar-refractivity contribution is 6.31. The molecular formula is C21H22ClFN4O2. The third-order valence-corrected chi connectivity index (χ3v) is 5.52. The van der Waals surface area contributed by atoms with Crippen LogP contribution in [0.5, 0.6) is 11.5 Å². The Morgan fingerprint density at radius 3 is 2.90 bits per heavy atom. The van der Waals surface area contributed by atoms with Gasteiger partial charge in [-0.3, -0.25) is 0 Å². The van der Waals surface area contributed by atoms with E-state index in [1.54, 1.807) is 25.3 Å². The Morgan fingerprint density at radius 2 is 2.14 bits per heavy atom. The summed E-state index contributed by atoms with van der Waals surface area (Å²) in [6.07, 6.45) is 3.70. The number of halogens is 2. The van der Waals surface area contributed by atoms with Crippen LogP contribution in [0, 0.1) is 5.82 Å². The molecule has 1 saturated heterocycles. The standard InChI is InChI=1S/C21H22ClFN4O2/c1-27-8-4-5-13(27)11-29-19-9-14-17(10-18(19)28-2)24-12-25-21(14)26-16-7-3-6-15(22)20(16)23/h3,6-7,9-10,12-13H,4-5,8,11H2,1-2H3,(H,24,25,26)/t13-/m1/s1. The number of nitrogens with one attached hydrogen (secondary N) is 1. The van der Waals surface area contributed by atoms with Crippen molar-refractivity contribution in [3.63, 3.8) is 0 Å². The van der Waals surface area contributed by atoms with Gasteiger partial charge in [-0.2, -0.15) is 0 Å². The van der Waals surface area contributed by atoms with Gasteiger partial charge >= 0.3 is 0 Å². The normalized spacial score (nSPS) is 16.9. The zero-order valence-corrected chi connectivity index (χ0v) is 17.0. The summed E-state index contributed by atoms with van der Waals surface area (Å²) in [5.41, 5.74) is 0.899. The van der Waals surface area contributed by atoms with Gasteiger partial charge in [-0.25, -0.2) is 14.4 Å². The van der Waals surface area contributed by atoms with Crippen molar-refractivity contribution in [3.05, 3.63) is 47.5 Å². The lowest BCUT2D eigenvalue weighted by Crippen LogP contribution is -2.30. The number of benzene rings is 2. The second kappa shape index (κ2) is 8.39. The van der Waals surface area contributed by atoms with E-state index in [1.807, 2.05) is 6.07 Å². The lowest BCUT2D eigenvalue weighted by Gasteiger charge is -2.21. The SMILES string of the molecule is COc1cc2ncnc(Nc3cccc(Cl)c3F)c2cc1OC[C@H]1CCCN1C. The van der Waals surface area contributed by atoms with Crippen LogP contribution in [0.3, 0.4) is 0 Å². The van der Waals surface area contributed by atoms with E-state index in [9.17, 15) is 4.39 Å². The largest absolute Gasteiger partial charge is 0.493 e. The minimum Gasteiger partial charge on any atom is -0.493 e. The topological polar surface area (TPSA) is 59.5 Å². The van der Waals surface area contributed by atoms with Gasteiger partial charge in [0, 0.05) is 17.5 Å². The predicted molar refractivity (Wildman–Crippen MR) is 112 cm³/mol. The molecule has 6 nitrogen and oxygen atoms in total. The quantitative estimate of drug-likeness (QED) is 0.631. The van der Waals surface area contributed by atoms with E-state index in [-0.39, 0.29) is 10.7 Å². The number of ether oxygens (including phenoxy) is 2. The van der Waals surface area contributed by atoms with E-state index in [2.05, 4.69) is 27.2 Å². The Bertz CT molecular complexity index is 1030. The van der Waals surface area contributed by atoms with Crippen LogP contribution in [-0.4, -0.2) is 48.2 Å². The molecule has 8 heteroatoms. The number of anilines is 2. The fourth-order valence-corrected chi connectivity index (χ4v) is 3.71. The second-order valence-corrected chi connectivity index (χ2v) is 7.46. The van der Waals surface area contributed by atoms with Crippen molar-refractivity contribution in [1.29, 1.82) is 0 Å². The number of fused-ring (bicyclic) bond motifs is 1. The van der Waals surface area contributed by atoms with Gasteiger partial charge in [0.15, 0.2) is 17.3 Å². The van der Waals surface area contributed by atoms with E-state index in [0.717, 1.165) is 13.0 Å². The molecule has 0 spiro atoms. The molecule has 0 aliphatic carbocycles. The molecular weight excluding hydrogens is 395 g/mol. The van der Waals surface area contributed by atoms with Gasteiger partial charge < -0.3 is 19.7 Å². The minimum absolute atomic E-state index is 0.0414. The Balaban J connectivity index is 1.67.